The lowest BCUT2D eigenvalue weighted by Crippen LogP contribution is -2.28. The normalized spacial score (nSPS) is 18.4. The molecule has 0 spiro atoms. The average molecular weight is 479 g/mol. The first kappa shape index (κ1) is 21.9. The Labute approximate surface area is 206 Å². The van der Waals surface area contributed by atoms with Gasteiger partial charge in [-0.05, 0) is 29.8 Å². The summed E-state index contributed by atoms with van der Waals surface area (Å²) in [4.78, 5) is 20.6. The van der Waals surface area contributed by atoms with E-state index in [-0.39, 0.29) is 23.7 Å². The molecule has 4 heterocycles. The number of H-pyrrole nitrogens is 1. The third-order valence-electron chi connectivity index (χ3n) is 6.54. The van der Waals surface area contributed by atoms with Crippen LogP contribution in [0.15, 0.2) is 79.3 Å². The molecule has 2 aliphatic rings. The summed E-state index contributed by atoms with van der Waals surface area (Å²) in [7, 11) is 0. The number of fused-ring (bicyclic) bond motifs is 2. The number of hydrogen-bond donors (Lipinski definition) is 3. The third-order valence-corrected chi connectivity index (χ3v) is 6.54. The number of rotatable bonds is 5. The number of carbonyl (C=O) groups excluding carboxylic acids is 1. The van der Waals surface area contributed by atoms with Gasteiger partial charge in [-0.1, -0.05) is 43.4 Å². The van der Waals surface area contributed by atoms with Crippen molar-refractivity contribution in [1.29, 1.82) is 0 Å². The van der Waals surface area contributed by atoms with Crippen LogP contribution in [0.1, 0.15) is 24.6 Å². The summed E-state index contributed by atoms with van der Waals surface area (Å²) in [5.41, 5.74) is 6.14. The minimum atomic E-state index is -0.232. The highest BCUT2D eigenvalue weighted by molar-refractivity contribution is 5.93. The highest BCUT2D eigenvalue weighted by atomic mass is 19.1. The van der Waals surface area contributed by atoms with E-state index in [0.29, 0.717) is 23.3 Å². The molecule has 0 saturated heterocycles. The van der Waals surface area contributed by atoms with Gasteiger partial charge in [0, 0.05) is 46.8 Å². The first-order valence-electron chi connectivity index (χ1n) is 11.8. The first-order chi connectivity index (χ1) is 17.6. The Kier molecular flexibility index (Phi) is 5.41. The molecule has 7 nitrogen and oxygen atoms in total. The maximum atomic E-state index is 14.6. The molecule has 0 radical (unpaired) electrons. The van der Waals surface area contributed by atoms with E-state index in [1.165, 1.54) is 6.07 Å². The van der Waals surface area contributed by atoms with Crippen molar-refractivity contribution in [1.82, 2.24) is 25.5 Å². The summed E-state index contributed by atoms with van der Waals surface area (Å²) in [6.45, 7) is 1.80. The molecule has 3 aromatic heterocycles. The molecule has 0 fully saturated rings. The van der Waals surface area contributed by atoms with Crippen molar-refractivity contribution in [2.75, 3.05) is 5.32 Å². The highest BCUT2D eigenvalue weighted by Crippen LogP contribution is 2.39. The van der Waals surface area contributed by atoms with Gasteiger partial charge in [-0.3, -0.25) is 14.9 Å². The van der Waals surface area contributed by atoms with Gasteiger partial charge in [-0.15, -0.1) is 0 Å². The Balaban J connectivity index is 1.36. The van der Waals surface area contributed by atoms with Crippen molar-refractivity contribution in [3.63, 3.8) is 0 Å². The number of halogens is 1. The van der Waals surface area contributed by atoms with E-state index in [2.05, 4.69) is 43.0 Å². The molecular weight excluding hydrogens is 455 g/mol. The zero-order valence-corrected chi connectivity index (χ0v) is 19.5. The molecular formula is C28H23FN6O. The summed E-state index contributed by atoms with van der Waals surface area (Å²) in [5, 5.41) is 14.8. The van der Waals surface area contributed by atoms with Gasteiger partial charge in [0.15, 0.2) is 5.65 Å². The minimum absolute atomic E-state index is 0.00514. The molecule has 2 atom stereocenters. The number of anilines is 1. The number of amides is 1. The van der Waals surface area contributed by atoms with E-state index >= 15 is 0 Å². The number of aromatic amines is 1. The minimum Gasteiger partial charge on any atom is -0.376 e. The lowest BCUT2D eigenvalue weighted by molar-refractivity contribution is -0.115. The predicted molar refractivity (Wildman–Crippen MR) is 138 cm³/mol. The molecule has 1 aliphatic carbocycles. The summed E-state index contributed by atoms with van der Waals surface area (Å²) in [5.74, 6) is -0.323. The van der Waals surface area contributed by atoms with Crippen LogP contribution >= 0.6 is 0 Å². The fourth-order valence-corrected chi connectivity index (χ4v) is 4.74. The Bertz CT molecular complexity index is 1580. The number of benzene rings is 1. The number of nitrogens with zero attached hydrogens (tertiary/aromatic N) is 3. The maximum absolute atomic E-state index is 14.6. The van der Waals surface area contributed by atoms with Gasteiger partial charge in [-0.25, -0.2) is 9.37 Å². The zero-order valence-electron chi connectivity index (χ0n) is 19.5. The first-order valence-corrected chi connectivity index (χ1v) is 11.8. The van der Waals surface area contributed by atoms with Crippen LogP contribution in [0.25, 0.3) is 33.4 Å². The summed E-state index contributed by atoms with van der Waals surface area (Å²) in [6, 6.07) is 10.7. The van der Waals surface area contributed by atoms with Gasteiger partial charge in [0.1, 0.15) is 11.5 Å². The van der Waals surface area contributed by atoms with Gasteiger partial charge in [-0.2, -0.15) is 5.10 Å². The second kappa shape index (κ2) is 8.88. The van der Waals surface area contributed by atoms with Gasteiger partial charge in [0.2, 0.25) is 5.91 Å². The van der Waals surface area contributed by atoms with Crippen molar-refractivity contribution in [3.05, 3.63) is 96.4 Å². The quantitative estimate of drug-likeness (QED) is 0.371. The third kappa shape index (κ3) is 3.86. The van der Waals surface area contributed by atoms with E-state index < -0.39 is 0 Å². The van der Waals surface area contributed by atoms with E-state index in [1.807, 2.05) is 36.4 Å². The number of nitrogens with one attached hydrogen (secondary N) is 3. The molecule has 0 bridgehead atoms. The highest BCUT2D eigenvalue weighted by Gasteiger charge is 2.33. The molecule has 4 aromatic rings. The standard InChI is InChI=1S/C28H23FN6O/c1-2-26(36)32-18-10-16(13-30-15-18)17-11-22-27(34-35-28(22)31-14-17)25-12-21-19(7-5-9-24(21)33-25)20-6-3-4-8-23(20)29/h3-15,21,24,33H,2H2,1H3,(H,32,36)(H,31,34,35). The SMILES string of the molecule is CCC(=O)Nc1cncc(-c2cnc3[nH]nc(C4=CC5C(c6ccccc6F)=CC=CC5N4)c3c2)c1. The smallest absolute Gasteiger partial charge is 0.224 e. The molecule has 1 amide bonds. The second-order valence-corrected chi connectivity index (χ2v) is 8.82. The van der Waals surface area contributed by atoms with Crippen molar-refractivity contribution >= 4 is 33.9 Å². The van der Waals surface area contributed by atoms with Crippen LogP contribution in [0.3, 0.4) is 0 Å². The van der Waals surface area contributed by atoms with E-state index in [1.54, 1.807) is 31.6 Å². The van der Waals surface area contributed by atoms with Gasteiger partial charge < -0.3 is 10.6 Å². The molecule has 178 valence electrons. The van der Waals surface area contributed by atoms with E-state index in [0.717, 1.165) is 33.5 Å². The van der Waals surface area contributed by atoms with Crippen LogP contribution in [-0.4, -0.2) is 32.1 Å². The number of allylic oxidation sites excluding steroid dienone is 2. The fourth-order valence-electron chi connectivity index (χ4n) is 4.74. The van der Waals surface area contributed by atoms with E-state index in [9.17, 15) is 9.18 Å². The van der Waals surface area contributed by atoms with Gasteiger partial charge in [0.05, 0.1) is 23.6 Å². The molecule has 1 aromatic carbocycles. The van der Waals surface area contributed by atoms with Gasteiger partial charge >= 0.3 is 0 Å². The summed E-state index contributed by atoms with van der Waals surface area (Å²) >= 11 is 0. The predicted octanol–water partition coefficient (Wildman–Crippen LogP) is 5.09. The Morgan fingerprint density at radius 1 is 1.14 bits per heavy atom. The molecule has 8 heteroatoms. The molecule has 2 unspecified atom stereocenters. The monoisotopic (exact) mass is 478 g/mol. The van der Waals surface area contributed by atoms with Crippen molar-refractivity contribution in [2.45, 2.75) is 19.4 Å². The lowest BCUT2D eigenvalue weighted by Gasteiger charge is -2.23. The molecule has 1 aliphatic heterocycles. The topological polar surface area (TPSA) is 95.6 Å². The summed E-state index contributed by atoms with van der Waals surface area (Å²) < 4.78 is 14.6. The second-order valence-electron chi connectivity index (χ2n) is 8.82. The number of hydrogen-bond acceptors (Lipinski definition) is 5. The fraction of sp³-hybridized carbons (Fsp3) is 0.143. The van der Waals surface area contributed by atoms with Crippen molar-refractivity contribution in [2.24, 2.45) is 5.92 Å². The molecule has 3 N–H and O–H groups in total. The molecule has 36 heavy (non-hydrogen) atoms. The average Bonchev–Trinajstić information content (AvgIpc) is 3.52. The zero-order chi connectivity index (χ0) is 24.6. The van der Waals surface area contributed by atoms with Crippen LogP contribution in [0.5, 0.6) is 0 Å². The Morgan fingerprint density at radius 2 is 2.00 bits per heavy atom. The maximum Gasteiger partial charge on any atom is 0.224 e. The van der Waals surface area contributed by atoms with Crippen LogP contribution in [0.4, 0.5) is 10.1 Å². The number of pyridine rings is 2. The number of carbonyl (C=O) groups is 1. The van der Waals surface area contributed by atoms with Crippen LogP contribution < -0.4 is 10.6 Å². The van der Waals surface area contributed by atoms with Gasteiger partial charge in [0.25, 0.3) is 0 Å². The lowest BCUT2D eigenvalue weighted by atomic mass is 9.84. The van der Waals surface area contributed by atoms with Crippen molar-refractivity contribution < 1.29 is 9.18 Å². The Morgan fingerprint density at radius 3 is 2.86 bits per heavy atom. The van der Waals surface area contributed by atoms with Crippen molar-refractivity contribution in [3.8, 4) is 11.1 Å². The Hall–Kier alpha value is -4.59. The largest absolute Gasteiger partial charge is 0.376 e. The van der Waals surface area contributed by atoms with E-state index in [4.69, 9.17) is 0 Å². The molecule has 0 saturated carbocycles. The molecule has 6 rings (SSSR count). The van der Waals surface area contributed by atoms with Crippen LogP contribution in [0, 0.1) is 11.7 Å². The summed E-state index contributed by atoms with van der Waals surface area (Å²) in [6.07, 6.45) is 13.6. The van der Waals surface area contributed by atoms with Crippen LogP contribution in [0.2, 0.25) is 0 Å². The number of aromatic nitrogens is 4. The van der Waals surface area contributed by atoms with Crippen LogP contribution in [-0.2, 0) is 4.79 Å².